The van der Waals surface area contributed by atoms with Crippen molar-refractivity contribution in [1.29, 1.82) is 0 Å². The number of carboxylic acid groups (broad SMARTS) is 1. The molecule has 6 nitrogen and oxygen atoms in total. The van der Waals surface area contributed by atoms with Gasteiger partial charge in [0.05, 0.1) is 27.0 Å². The minimum Gasteiger partial charge on any atom is -0.478 e. The van der Waals surface area contributed by atoms with E-state index < -0.39 is 20.9 Å². The molecule has 4 N–H and O–H groups in total. The van der Waals surface area contributed by atoms with Gasteiger partial charge in [-0.2, -0.15) is 0 Å². The Balaban J connectivity index is 0.00000264. The number of benzene rings is 2. The standard InChI is InChI=1S/C13H10Cl2N2O4S.ClH/c14-8-6-9(15)12(5-7(8)13(18)19)22(20,21)17-11-4-2-1-3-10(11)16;/h1-6,17H,16H2,(H,18,19);1H. The fourth-order valence-electron chi connectivity index (χ4n) is 1.69. The number of nitrogens with one attached hydrogen (secondary N) is 1. The van der Waals surface area contributed by atoms with Crippen LogP contribution >= 0.6 is 35.6 Å². The van der Waals surface area contributed by atoms with Crippen molar-refractivity contribution in [1.82, 2.24) is 0 Å². The average Bonchev–Trinajstić information content (AvgIpc) is 2.40. The van der Waals surface area contributed by atoms with Gasteiger partial charge in [0.15, 0.2) is 0 Å². The first-order valence-electron chi connectivity index (χ1n) is 5.82. The summed E-state index contributed by atoms with van der Waals surface area (Å²) in [6.45, 7) is 0. The molecule has 0 bridgehead atoms. The van der Waals surface area contributed by atoms with Crippen molar-refractivity contribution in [3.63, 3.8) is 0 Å². The van der Waals surface area contributed by atoms with Crippen LogP contribution in [0.4, 0.5) is 11.4 Å². The number of nitrogens with two attached hydrogens (primary N) is 1. The maximum Gasteiger partial charge on any atom is 0.337 e. The lowest BCUT2D eigenvalue weighted by atomic mass is 10.2. The minimum absolute atomic E-state index is 0. The van der Waals surface area contributed by atoms with Crippen LogP contribution in [0.5, 0.6) is 0 Å². The molecule has 2 rings (SSSR count). The Bertz CT molecular complexity index is 856. The van der Waals surface area contributed by atoms with Crippen molar-refractivity contribution in [3.05, 3.63) is 52.0 Å². The van der Waals surface area contributed by atoms with E-state index in [9.17, 15) is 13.2 Å². The molecule has 124 valence electrons. The number of aromatic carboxylic acids is 1. The van der Waals surface area contributed by atoms with Crippen LogP contribution in [0, 0.1) is 0 Å². The summed E-state index contributed by atoms with van der Waals surface area (Å²) in [5.74, 6) is -1.36. The highest BCUT2D eigenvalue weighted by Gasteiger charge is 2.23. The molecule has 0 unspecified atom stereocenters. The van der Waals surface area contributed by atoms with Gasteiger partial charge >= 0.3 is 5.97 Å². The number of hydrogen-bond acceptors (Lipinski definition) is 4. The van der Waals surface area contributed by atoms with Gasteiger partial charge in [0.2, 0.25) is 0 Å². The third-order valence-electron chi connectivity index (χ3n) is 2.75. The van der Waals surface area contributed by atoms with E-state index in [4.69, 9.17) is 34.0 Å². The molecular formula is C13H11Cl3N2O4S. The zero-order valence-electron chi connectivity index (χ0n) is 11.3. The Hall–Kier alpha value is -1.67. The van der Waals surface area contributed by atoms with Crippen molar-refractivity contribution in [2.75, 3.05) is 10.5 Å². The lowest BCUT2D eigenvalue weighted by molar-refractivity contribution is 0.0697. The normalized spacial score (nSPS) is 10.7. The van der Waals surface area contributed by atoms with E-state index in [1.165, 1.54) is 12.1 Å². The van der Waals surface area contributed by atoms with E-state index in [0.29, 0.717) is 0 Å². The number of carboxylic acids is 1. The number of nitrogen functional groups attached to an aromatic ring is 1. The first-order valence-corrected chi connectivity index (χ1v) is 8.06. The van der Waals surface area contributed by atoms with E-state index in [0.717, 1.165) is 12.1 Å². The molecule has 0 radical (unpaired) electrons. The Morgan fingerprint density at radius 1 is 1.13 bits per heavy atom. The van der Waals surface area contributed by atoms with Gasteiger partial charge in [-0.1, -0.05) is 35.3 Å². The van der Waals surface area contributed by atoms with Crippen LogP contribution in [0.2, 0.25) is 10.0 Å². The molecule has 0 heterocycles. The largest absolute Gasteiger partial charge is 0.478 e. The summed E-state index contributed by atoms with van der Waals surface area (Å²) in [7, 11) is -4.12. The van der Waals surface area contributed by atoms with Gasteiger partial charge in [-0.15, -0.1) is 12.4 Å². The molecule has 2 aromatic carbocycles. The lowest BCUT2D eigenvalue weighted by Gasteiger charge is -2.12. The third kappa shape index (κ3) is 4.20. The monoisotopic (exact) mass is 396 g/mol. The highest BCUT2D eigenvalue weighted by Crippen LogP contribution is 2.30. The molecule has 0 aromatic heterocycles. The second-order valence-electron chi connectivity index (χ2n) is 4.26. The Kier molecular flexibility index (Phi) is 6.12. The zero-order valence-corrected chi connectivity index (χ0v) is 14.4. The van der Waals surface area contributed by atoms with Crippen molar-refractivity contribution >= 4 is 63.0 Å². The summed E-state index contributed by atoms with van der Waals surface area (Å²) < 4.78 is 27.0. The van der Waals surface area contributed by atoms with Crippen molar-refractivity contribution in [3.8, 4) is 0 Å². The molecule has 0 aliphatic carbocycles. The van der Waals surface area contributed by atoms with Gasteiger partial charge < -0.3 is 10.8 Å². The molecular weight excluding hydrogens is 387 g/mol. The summed E-state index contributed by atoms with van der Waals surface area (Å²) in [5, 5.41) is 8.66. The quantitative estimate of drug-likeness (QED) is 0.684. The van der Waals surface area contributed by atoms with Crippen LogP contribution in [-0.2, 0) is 10.0 Å². The second-order valence-corrected chi connectivity index (χ2v) is 6.73. The smallest absolute Gasteiger partial charge is 0.337 e. The number of halogens is 3. The van der Waals surface area contributed by atoms with Gasteiger partial charge in [0.25, 0.3) is 10.0 Å². The first kappa shape index (κ1) is 19.4. The van der Waals surface area contributed by atoms with Crippen LogP contribution in [0.25, 0.3) is 0 Å². The lowest BCUT2D eigenvalue weighted by Crippen LogP contribution is -2.15. The third-order valence-corrected chi connectivity index (χ3v) is 4.89. The Labute approximate surface area is 148 Å². The zero-order chi connectivity index (χ0) is 16.5. The molecule has 0 atom stereocenters. The van der Waals surface area contributed by atoms with Crippen LogP contribution in [0.1, 0.15) is 10.4 Å². The molecule has 0 fully saturated rings. The number of hydrogen-bond donors (Lipinski definition) is 3. The molecule has 2 aromatic rings. The maximum atomic E-state index is 12.4. The van der Waals surface area contributed by atoms with Crippen molar-refractivity contribution < 1.29 is 18.3 Å². The van der Waals surface area contributed by atoms with Crippen LogP contribution in [0.15, 0.2) is 41.3 Å². The minimum atomic E-state index is -4.12. The van der Waals surface area contributed by atoms with Crippen LogP contribution in [-0.4, -0.2) is 19.5 Å². The fourth-order valence-corrected chi connectivity index (χ4v) is 3.63. The van der Waals surface area contributed by atoms with Gasteiger partial charge in [0.1, 0.15) is 4.90 Å². The molecule has 0 saturated carbocycles. The number of rotatable bonds is 4. The number of sulfonamides is 1. The summed E-state index contributed by atoms with van der Waals surface area (Å²) >= 11 is 11.6. The predicted molar refractivity (Wildman–Crippen MR) is 92.3 cm³/mol. The van der Waals surface area contributed by atoms with E-state index >= 15 is 0 Å². The highest BCUT2D eigenvalue weighted by atomic mass is 35.5. The van der Waals surface area contributed by atoms with Gasteiger partial charge in [-0.05, 0) is 24.3 Å². The van der Waals surface area contributed by atoms with Crippen molar-refractivity contribution in [2.24, 2.45) is 0 Å². The SMILES string of the molecule is Cl.Nc1ccccc1NS(=O)(=O)c1cc(C(=O)O)c(Cl)cc1Cl. The summed E-state index contributed by atoms with van der Waals surface area (Å²) in [5.41, 5.74) is 5.68. The molecule has 0 aliphatic heterocycles. The van der Waals surface area contributed by atoms with Gasteiger partial charge in [0, 0.05) is 0 Å². The molecule has 0 spiro atoms. The van der Waals surface area contributed by atoms with E-state index in [2.05, 4.69) is 4.72 Å². The summed E-state index contributed by atoms with van der Waals surface area (Å²) in [4.78, 5) is 10.7. The summed E-state index contributed by atoms with van der Waals surface area (Å²) in [6.07, 6.45) is 0. The molecule has 0 saturated heterocycles. The first-order chi connectivity index (χ1) is 10.2. The van der Waals surface area contributed by atoms with Crippen molar-refractivity contribution in [2.45, 2.75) is 4.90 Å². The fraction of sp³-hybridized carbons (Fsp3) is 0. The number of anilines is 2. The number of carbonyl (C=O) groups is 1. The summed E-state index contributed by atoms with van der Waals surface area (Å²) in [6, 6.07) is 8.19. The highest BCUT2D eigenvalue weighted by molar-refractivity contribution is 7.92. The average molecular weight is 398 g/mol. The molecule has 0 aliphatic rings. The predicted octanol–water partition coefficient (Wildman–Crippen LogP) is 3.50. The number of para-hydroxylation sites is 2. The molecule has 10 heteroatoms. The Morgan fingerprint density at radius 2 is 1.74 bits per heavy atom. The maximum absolute atomic E-state index is 12.4. The van der Waals surface area contributed by atoms with E-state index in [-0.39, 0.29) is 39.4 Å². The Morgan fingerprint density at radius 3 is 2.30 bits per heavy atom. The molecule has 0 amide bonds. The van der Waals surface area contributed by atoms with Gasteiger partial charge in [-0.3, -0.25) is 4.72 Å². The van der Waals surface area contributed by atoms with Crippen LogP contribution < -0.4 is 10.5 Å². The van der Waals surface area contributed by atoms with E-state index in [1.807, 2.05) is 0 Å². The van der Waals surface area contributed by atoms with E-state index in [1.54, 1.807) is 12.1 Å². The molecule has 23 heavy (non-hydrogen) atoms. The second kappa shape index (κ2) is 7.27. The van der Waals surface area contributed by atoms with Crippen LogP contribution in [0.3, 0.4) is 0 Å². The topological polar surface area (TPSA) is 109 Å². The van der Waals surface area contributed by atoms with Gasteiger partial charge in [-0.25, -0.2) is 13.2 Å².